The van der Waals surface area contributed by atoms with E-state index in [1.807, 2.05) is 62.4 Å². The Morgan fingerprint density at radius 3 is 2.17 bits per heavy atom. The van der Waals surface area contributed by atoms with E-state index in [2.05, 4.69) is 10.9 Å². The Kier molecular flexibility index (Phi) is 6.47. The SMILES string of the molecule is Cc1cccc(C)c1OCC(=O)NNC(=O)c1cccc(Oc2ccccc2)c1. The summed E-state index contributed by atoms with van der Waals surface area (Å²) >= 11 is 0. The molecule has 0 unspecified atom stereocenters. The lowest BCUT2D eigenvalue weighted by molar-refractivity contribution is -0.123. The standard InChI is InChI=1S/C23H22N2O4/c1-16-8-6-9-17(2)22(16)28-15-21(26)24-25-23(27)18-10-7-13-20(14-18)29-19-11-4-3-5-12-19/h3-14H,15H2,1-2H3,(H,24,26)(H,25,27). The number of carbonyl (C=O) groups is 2. The molecule has 6 heteroatoms. The normalized spacial score (nSPS) is 10.1. The number of nitrogens with one attached hydrogen (secondary N) is 2. The number of hydrazine groups is 1. The third-order valence-electron chi connectivity index (χ3n) is 4.15. The number of hydrogen-bond donors (Lipinski definition) is 2. The van der Waals surface area contributed by atoms with E-state index in [4.69, 9.17) is 9.47 Å². The molecule has 2 N–H and O–H groups in total. The molecule has 148 valence electrons. The van der Waals surface area contributed by atoms with Gasteiger partial charge in [0.15, 0.2) is 6.61 Å². The van der Waals surface area contributed by atoms with Crippen LogP contribution < -0.4 is 20.3 Å². The van der Waals surface area contributed by atoms with Crippen LogP contribution in [0.3, 0.4) is 0 Å². The molecule has 0 heterocycles. The monoisotopic (exact) mass is 390 g/mol. The largest absolute Gasteiger partial charge is 0.483 e. The van der Waals surface area contributed by atoms with Crippen molar-refractivity contribution in [3.8, 4) is 17.2 Å². The summed E-state index contributed by atoms with van der Waals surface area (Å²) in [6.07, 6.45) is 0. The summed E-state index contributed by atoms with van der Waals surface area (Å²) < 4.78 is 11.3. The van der Waals surface area contributed by atoms with Crippen LogP contribution in [0, 0.1) is 13.8 Å². The number of rotatable bonds is 6. The maximum absolute atomic E-state index is 12.3. The lowest BCUT2D eigenvalue weighted by Crippen LogP contribution is -2.43. The minimum absolute atomic E-state index is 0.205. The predicted octanol–water partition coefficient (Wildman–Crippen LogP) is 3.94. The Morgan fingerprint density at radius 2 is 1.45 bits per heavy atom. The van der Waals surface area contributed by atoms with Crippen molar-refractivity contribution in [2.24, 2.45) is 0 Å². The second-order valence-corrected chi connectivity index (χ2v) is 6.45. The fraction of sp³-hybridized carbons (Fsp3) is 0.130. The zero-order valence-electron chi connectivity index (χ0n) is 16.3. The minimum Gasteiger partial charge on any atom is -0.483 e. The molecule has 0 fully saturated rings. The highest BCUT2D eigenvalue weighted by Crippen LogP contribution is 2.22. The summed E-state index contributed by atoms with van der Waals surface area (Å²) in [5, 5.41) is 0. The van der Waals surface area contributed by atoms with E-state index in [1.54, 1.807) is 24.3 Å². The predicted molar refractivity (Wildman–Crippen MR) is 110 cm³/mol. The molecule has 0 saturated heterocycles. The molecule has 6 nitrogen and oxygen atoms in total. The van der Waals surface area contributed by atoms with Crippen LogP contribution in [-0.4, -0.2) is 18.4 Å². The van der Waals surface area contributed by atoms with Gasteiger partial charge in [-0.3, -0.25) is 20.4 Å². The van der Waals surface area contributed by atoms with Crippen molar-refractivity contribution in [3.63, 3.8) is 0 Å². The first-order chi connectivity index (χ1) is 14.0. The molecule has 0 aromatic heterocycles. The van der Waals surface area contributed by atoms with Crippen molar-refractivity contribution in [1.29, 1.82) is 0 Å². The summed E-state index contributed by atoms with van der Waals surface area (Å²) in [4.78, 5) is 24.3. The van der Waals surface area contributed by atoms with Crippen molar-refractivity contribution in [1.82, 2.24) is 10.9 Å². The van der Waals surface area contributed by atoms with Gasteiger partial charge in [0.25, 0.3) is 11.8 Å². The first-order valence-corrected chi connectivity index (χ1v) is 9.14. The summed E-state index contributed by atoms with van der Waals surface area (Å²) in [5.74, 6) is 0.942. The zero-order chi connectivity index (χ0) is 20.6. The second kappa shape index (κ2) is 9.41. The summed E-state index contributed by atoms with van der Waals surface area (Å²) in [6, 6.07) is 21.7. The first-order valence-electron chi connectivity index (χ1n) is 9.14. The summed E-state index contributed by atoms with van der Waals surface area (Å²) in [7, 11) is 0. The van der Waals surface area contributed by atoms with Gasteiger partial charge in [0.1, 0.15) is 17.2 Å². The Hall–Kier alpha value is -3.80. The molecule has 2 amide bonds. The number of hydrogen-bond acceptors (Lipinski definition) is 4. The average molecular weight is 390 g/mol. The molecule has 0 bridgehead atoms. The van der Waals surface area contributed by atoms with Crippen LogP contribution in [-0.2, 0) is 4.79 Å². The van der Waals surface area contributed by atoms with Gasteiger partial charge < -0.3 is 9.47 Å². The van der Waals surface area contributed by atoms with Gasteiger partial charge in [0, 0.05) is 5.56 Å². The van der Waals surface area contributed by atoms with Crippen LogP contribution in [0.4, 0.5) is 0 Å². The zero-order valence-corrected chi connectivity index (χ0v) is 16.3. The molecule has 0 radical (unpaired) electrons. The molecule has 3 aromatic rings. The van der Waals surface area contributed by atoms with E-state index in [0.29, 0.717) is 22.8 Å². The number of amides is 2. The van der Waals surface area contributed by atoms with Gasteiger partial charge in [-0.2, -0.15) is 0 Å². The minimum atomic E-state index is -0.460. The molecule has 0 aliphatic heterocycles. The molecular formula is C23H22N2O4. The van der Waals surface area contributed by atoms with E-state index in [-0.39, 0.29) is 6.61 Å². The fourth-order valence-corrected chi connectivity index (χ4v) is 2.72. The van der Waals surface area contributed by atoms with Crippen molar-refractivity contribution < 1.29 is 19.1 Å². The lowest BCUT2D eigenvalue weighted by Gasteiger charge is -2.12. The van der Waals surface area contributed by atoms with Gasteiger partial charge >= 0.3 is 0 Å². The van der Waals surface area contributed by atoms with Gasteiger partial charge in [0.05, 0.1) is 0 Å². The van der Waals surface area contributed by atoms with Crippen LogP contribution in [0.15, 0.2) is 72.8 Å². The van der Waals surface area contributed by atoms with Crippen molar-refractivity contribution >= 4 is 11.8 Å². The van der Waals surface area contributed by atoms with Crippen molar-refractivity contribution in [2.75, 3.05) is 6.61 Å². The Balaban J connectivity index is 1.52. The number of benzene rings is 3. The highest BCUT2D eigenvalue weighted by molar-refractivity contribution is 5.95. The van der Waals surface area contributed by atoms with Crippen molar-refractivity contribution in [2.45, 2.75) is 13.8 Å². The highest BCUT2D eigenvalue weighted by atomic mass is 16.5. The van der Waals surface area contributed by atoms with Crippen LogP contribution in [0.2, 0.25) is 0 Å². The highest BCUT2D eigenvalue weighted by Gasteiger charge is 2.11. The smallest absolute Gasteiger partial charge is 0.276 e. The number of carbonyl (C=O) groups excluding carboxylic acids is 2. The fourth-order valence-electron chi connectivity index (χ4n) is 2.72. The number of ether oxygens (including phenoxy) is 2. The van der Waals surface area contributed by atoms with E-state index in [1.165, 1.54) is 0 Å². The molecule has 29 heavy (non-hydrogen) atoms. The first kappa shape index (κ1) is 19.9. The number of aryl methyl sites for hydroxylation is 2. The summed E-state index contributed by atoms with van der Waals surface area (Å²) in [6.45, 7) is 3.61. The van der Waals surface area contributed by atoms with Gasteiger partial charge in [-0.15, -0.1) is 0 Å². The quantitative estimate of drug-likeness (QED) is 0.625. The van der Waals surface area contributed by atoms with Crippen LogP contribution in [0.25, 0.3) is 0 Å². The maximum Gasteiger partial charge on any atom is 0.276 e. The van der Waals surface area contributed by atoms with E-state index >= 15 is 0 Å². The number of para-hydroxylation sites is 2. The van der Waals surface area contributed by atoms with Gasteiger partial charge in [0.2, 0.25) is 0 Å². The van der Waals surface area contributed by atoms with Gasteiger partial charge in [-0.1, -0.05) is 42.5 Å². The molecule has 0 aliphatic carbocycles. The Bertz CT molecular complexity index is 983. The molecule has 3 aromatic carbocycles. The maximum atomic E-state index is 12.3. The van der Waals surface area contributed by atoms with Gasteiger partial charge in [-0.25, -0.2) is 0 Å². The van der Waals surface area contributed by atoms with E-state index in [9.17, 15) is 9.59 Å². The lowest BCUT2D eigenvalue weighted by atomic mass is 10.1. The molecular weight excluding hydrogens is 368 g/mol. The molecule has 0 atom stereocenters. The van der Waals surface area contributed by atoms with E-state index < -0.39 is 11.8 Å². The molecule has 0 aliphatic rings. The van der Waals surface area contributed by atoms with Gasteiger partial charge in [-0.05, 0) is 55.3 Å². The second-order valence-electron chi connectivity index (χ2n) is 6.45. The Labute approximate surface area is 169 Å². The van der Waals surface area contributed by atoms with E-state index in [0.717, 1.165) is 11.1 Å². The third-order valence-corrected chi connectivity index (χ3v) is 4.15. The Morgan fingerprint density at radius 1 is 0.793 bits per heavy atom. The molecule has 0 spiro atoms. The molecule has 0 saturated carbocycles. The third kappa shape index (κ3) is 5.59. The van der Waals surface area contributed by atoms with Crippen LogP contribution >= 0.6 is 0 Å². The topological polar surface area (TPSA) is 76.7 Å². The van der Waals surface area contributed by atoms with Crippen molar-refractivity contribution in [3.05, 3.63) is 89.5 Å². The summed E-state index contributed by atoms with van der Waals surface area (Å²) in [5.41, 5.74) is 6.98. The molecule has 3 rings (SSSR count). The average Bonchev–Trinajstić information content (AvgIpc) is 2.72. The van der Waals surface area contributed by atoms with Crippen LogP contribution in [0.5, 0.6) is 17.2 Å². The van der Waals surface area contributed by atoms with Crippen LogP contribution in [0.1, 0.15) is 21.5 Å².